The molecule has 7 nitrogen and oxygen atoms in total. The number of fused-ring (bicyclic) bond motifs is 1. The molecule has 0 aliphatic carbocycles. The van der Waals surface area contributed by atoms with E-state index in [2.05, 4.69) is 10.6 Å². The largest absolute Gasteiger partial charge is 0.486 e. The van der Waals surface area contributed by atoms with E-state index in [1.165, 1.54) is 0 Å². The first-order valence-electron chi connectivity index (χ1n) is 8.51. The SMILES string of the molecule is O=C(Nc1ccc2c(c1)OCCO2)N[C@H]1CC(=O)N(c2ccccc2)C1. The highest BCUT2D eigenvalue weighted by Crippen LogP contribution is 2.32. The number of amides is 3. The highest BCUT2D eigenvalue weighted by molar-refractivity contribution is 5.97. The van der Waals surface area contributed by atoms with Gasteiger partial charge in [0.2, 0.25) is 5.91 Å². The molecular weight excluding hydrogens is 334 g/mol. The second kappa shape index (κ2) is 6.95. The summed E-state index contributed by atoms with van der Waals surface area (Å²) in [5, 5.41) is 5.63. The van der Waals surface area contributed by atoms with Gasteiger partial charge < -0.3 is 25.0 Å². The van der Waals surface area contributed by atoms with Gasteiger partial charge >= 0.3 is 6.03 Å². The molecule has 2 heterocycles. The lowest BCUT2D eigenvalue weighted by molar-refractivity contribution is -0.117. The fourth-order valence-electron chi connectivity index (χ4n) is 3.14. The van der Waals surface area contributed by atoms with Crippen molar-refractivity contribution in [2.45, 2.75) is 12.5 Å². The fraction of sp³-hybridized carbons (Fsp3) is 0.263. The van der Waals surface area contributed by atoms with Gasteiger partial charge in [-0.25, -0.2) is 4.79 Å². The van der Waals surface area contributed by atoms with Gasteiger partial charge in [-0.2, -0.15) is 0 Å². The number of carbonyl (C=O) groups is 2. The van der Waals surface area contributed by atoms with Crippen LogP contribution in [0.15, 0.2) is 48.5 Å². The molecule has 0 saturated carbocycles. The Morgan fingerprint density at radius 3 is 2.62 bits per heavy atom. The Hall–Kier alpha value is -3.22. The molecule has 0 bridgehead atoms. The van der Waals surface area contributed by atoms with Gasteiger partial charge in [0.05, 0.1) is 6.04 Å². The molecular formula is C19H19N3O4. The minimum absolute atomic E-state index is 0.000768. The number of urea groups is 1. The average molecular weight is 353 g/mol. The third-order valence-electron chi connectivity index (χ3n) is 4.33. The van der Waals surface area contributed by atoms with Gasteiger partial charge in [-0.15, -0.1) is 0 Å². The van der Waals surface area contributed by atoms with Crippen LogP contribution in [0.25, 0.3) is 0 Å². The van der Waals surface area contributed by atoms with Gasteiger partial charge in [-0.3, -0.25) is 4.79 Å². The van der Waals surface area contributed by atoms with Gasteiger partial charge in [-0.1, -0.05) is 18.2 Å². The van der Waals surface area contributed by atoms with E-state index < -0.39 is 0 Å². The summed E-state index contributed by atoms with van der Waals surface area (Å²) >= 11 is 0. The van der Waals surface area contributed by atoms with E-state index in [-0.39, 0.29) is 24.4 Å². The third-order valence-corrected chi connectivity index (χ3v) is 4.33. The molecule has 0 aromatic heterocycles. The standard InChI is InChI=1S/C19H19N3O4/c23-18-11-14(12-22(18)15-4-2-1-3-5-15)21-19(24)20-13-6-7-16-17(10-13)26-9-8-25-16/h1-7,10,14H,8-9,11-12H2,(H2,20,21,24)/t14-/m0/s1. The lowest BCUT2D eigenvalue weighted by atomic mass is 10.2. The molecule has 1 fully saturated rings. The van der Waals surface area contributed by atoms with Crippen LogP contribution in [0.1, 0.15) is 6.42 Å². The van der Waals surface area contributed by atoms with Crippen LogP contribution >= 0.6 is 0 Å². The Morgan fingerprint density at radius 2 is 1.81 bits per heavy atom. The summed E-state index contributed by atoms with van der Waals surface area (Å²) in [6.07, 6.45) is 0.281. The van der Waals surface area contributed by atoms with Crippen molar-refractivity contribution >= 4 is 23.3 Å². The molecule has 0 radical (unpaired) electrons. The Labute approximate surface area is 150 Å². The van der Waals surface area contributed by atoms with Crippen LogP contribution in [0.5, 0.6) is 11.5 Å². The Balaban J connectivity index is 1.36. The van der Waals surface area contributed by atoms with Crippen molar-refractivity contribution in [3.63, 3.8) is 0 Å². The second-order valence-electron chi connectivity index (χ2n) is 6.20. The number of rotatable bonds is 3. The van der Waals surface area contributed by atoms with Crippen LogP contribution in [0.3, 0.4) is 0 Å². The Morgan fingerprint density at radius 1 is 1.04 bits per heavy atom. The van der Waals surface area contributed by atoms with Crippen molar-refractivity contribution in [2.24, 2.45) is 0 Å². The summed E-state index contributed by atoms with van der Waals surface area (Å²) in [6, 6.07) is 14.1. The molecule has 0 unspecified atom stereocenters. The van der Waals surface area contributed by atoms with Crippen molar-refractivity contribution in [1.82, 2.24) is 5.32 Å². The number of nitrogens with zero attached hydrogens (tertiary/aromatic N) is 1. The molecule has 2 aromatic carbocycles. The molecule has 26 heavy (non-hydrogen) atoms. The highest BCUT2D eigenvalue weighted by Gasteiger charge is 2.31. The summed E-state index contributed by atoms with van der Waals surface area (Å²) in [6.45, 7) is 1.47. The second-order valence-corrected chi connectivity index (χ2v) is 6.20. The van der Waals surface area contributed by atoms with E-state index in [1.54, 1.807) is 23.1 Å². The molecule has 0 spiro atoms. The van der Waals surface area contributed by atoms with Gasteiger partial charge in [0.25, 0.3) is 0 Å². The average Bonchev–Trinajstić information content (AvgIpc) is 3.02. The topological polar surface area (TPSA) is 79.9 Å². The van der Waals surface area contributed by atoms with Gasteiger partial charge in [0.1, 0.15) is 13.2 Å². The van der Waals surface area contributed by atoms with Crippen molar-refractivity contribution in [3.05, 3.63) is 48.5 Å². The number of nitrogens with one attached hydrogen (secondary N) is 2. The summed E-state index contributed by atoms with van der Waals surface area (Å²) in [4.78, 5) is 26.2. The fourth-order valence-corrected chi connectivity index (χ4v) is 3.14. The smallest absolute Gasteiger partial charge is 0.319 e. The Bertz CT molecular complexity index is 825. The minimum Gasteiger partial charge on any atom is -0.486 e. The van der Waals surface area contributed by atoms with Crippen molar-refractivity contribution in [3.8, 4) is 11.5 Å². The number of carbonyl (C=O) groups excluding carboxylic acids is 2. The highest BCUT2D eigenvalue weighted by atomic mass is 16.6. The van der Waals surface area contributed by atoms with Gasteiger partial charge in [0, 0.05) is 30.4 Å². The van der Waals surface area contributed by atoms with E-state index in [0.717, 1.165) is 5.69 Å². The maximum atomic E-state index is 12.3. The van der Waals surface area contributed by atoms with Gasteiger partial charge in [0.15, 0.2) is 11.5 Å². The van der Waals surface area contributed by atoms with E-state index in [0.29, 0.717) is 36.9 Å². The molecule has 4 rings (SSSR count). The molecule has 2 aliphatic heterocycles. The first kappa shape index (κ1) is 16.3. The predicted octanol–water partition coefficient (Wildman–Crippen LogP) is 2.38. The summed E-state index contributed by atoms with van der Waals surface area (Å²) < 4.78 is 11.0. The number of hydrogen-bond acceptors (Lipinski definition) is 4. The summed E-state index contributed by atoms with van der Waals surface area (Å²) in [5.74, 6) is 1.28. The van der Waals surface area contributed by atoms with Crippen LogP contribution in [-0.4, -0.2) is 37.7 Å². The predicted molar refractivity (Wildman–Crippen MR) is 96.8 cm³/mol. The quantitative estimate of drug-likeness (QED) is 0.888. The molecule has 2 aromatic rings. The van der Waals surface area contributed by atoms with E-state index >= 15 is 0 Å². The zero-order valence-corrected chi connectivity index (χ0v) is 14.1. The van der Waals surface area contributed by atoms with Gasteiger partial charge in [-0.05, 0) is 24.3 Å². The maximum absolute atomic E-state index is 12.3. The van der Waals surface area contributed by atoms with E-state index in [9.17, 15) is 9.59 Å². The molecule has 134 valence electrons. The van der Waals surface area contributed by atoms with Crippen LogP contribution in [0, 0.1) is 0 Å². The first-order chi connectivity index (χ1) is 12.7. The Kier molecular flexibility index (Phi) is 4.35. The minimum atomic E-state index is -0.352. The van der Waals surface area contributed by atoms with E-state index in [1.807, 2.05) is 30.3 Å². The zero-order chi connectivity index (χ0) is 17.9. The zero-order valence-electron chi connectivity index (χ0n) is 14.1. The van der Waals surface area contributed by atoms with Crippen molar-refractivity contribution in [1.29, 1.82) is 0 Å². The van der Waals surface area contributed by atoms with Crippen LogP contribution in [0.2, 0.25) is 0 Å². The third kappa shape index (κ3) is 3.42. The molecule has 2 N–H and O–H groups in total. The molecule has 2 aliphatic rings. The van der Waals surface area contributed by atoms with Crippen LogP contribution < -0.4 is 25.0 Å². The number of anilines is 2. The van der Waals surface area contributed by atoms with Crippen LogP contribution in [0.4, 0.5) is 16.2 Å². The van der Waals surface area contributed by atoms with Crippen LogP contribution in [-0.2, 0) is 4.79 Å². The molecule has 1 saturated heterocycles. The summed E-state index contributed by atoms with van der Waals surface area (Å²) in [5.41, 5.74) is 1.45. The number of para-hydroxylation sites is 1. The molecule has 7 heteroatoms. The molecule has 3 amide bonds. The summed E-state index contributed by atoms with van der Waals surface area (Å²) in [7, 11) is 0. The lowest BCUT2D eigenvalue weighted by Crippen LogP contribution is -2.39. The maximum Gasteiger partial charge on any atom is 0.319 e. The monoisotopic (exact) mass is 353 g/mol. The number of hydrogen-bond donors (Lipinski definition) is 2. The van der Waals surface area contributed by atoms with Crippen molar-refractivity contribution in [2.75, 3.05) is 30.0 Å². The lowest BCUT2D eigenvalue weighted by Gasteiger charge is -2.19. The number of ether oxygens (including phenoxy) is 2. The van der Waals surface area contributed by atoms with Crippen molar-refractivity contribution < 1.29 is 19.1 Å². The van der Waals surface area contributed by atoms with E-state index in [4.69, 9.17) is 9.47 Å². The molecule has 1 atom stereocenters. The number of benzene rings is 2. The first-order valence-corrected chi connectivity index (χ1v) is 8.51. The normalized spacial score (nSPS) is 18.5.